The Labute approximate surface area is 337 Å². The Balaban J connectivity index is 1.41. The molecule has 280 valence electrons. The van der Waals surface area contributed by atoms with E-state index in [9.17, 15) is 4.79 Å². The predicted octanol–water partition coefficient (Wildman–Crippen LogP) is 11.9. The van der Waals surface area contributed by atoms with E-state index in [-0.39, 0.29) is 0 Å². The van der Waals surface area contributed by atoms with Gasteiger partial charge in [-0.2, -0.15) is 0 Å². The first-order valence-electron chi connectivity index (χ1n) is 19.6. The average molecular weight is 754 g/mol. The number of carbonyl (C=O) groups is 1. The lowest BCUT2D eigenvalue weighted by Gasteiger charge is -2.21. The molecule has 7 nitrogen and oxygen atoms in total. The lowest BCUT2D eigenvalue weighted by atomic mass is 9.97. The highest BCUT2D eigenvalue weighted by molar-refractivity contribution is 5.99. The Morgan fingerprint density at radius 1 is 0.552 bits per heavy atom. The van der Waals surface area contributed by atoms with Crippen LogP contribution in [0, 0.1) is 6.57 Å². The van der Waals surface area contributed by atoms with Crippen molar-refractivity contribution in [1.29, 1.82) is 0 Å². The van der Waals surface area contributed by atoms with Crippen LogP contribution in [0.4, 0.5) is 0 Å². The molecule has 7 heteroatoms. The van der Waals surface area contributed by atoms with Crippen LogP contribution in [-0.4, -0.2) is 37.0 Å². The van der Waals surface area contributed by atoms with Gasteiger partial charge in [-0.1, -0.05) is 121 Å². The fourth-order valence-corrected chi connectivity index (χ4v) is 8.84. The zero-order valence-electron chi connectivity index (χ0n) is 32.3. The molecule has 10 rings (SSSR count). The van der Waals surface area contributed by atoms with Crippen molar-refractivity contribution in [1.82, 2.24) is 19.9 Å². The summed E-state index contributed by atoms with van der Waals surface area (Å²) in [6.07, 6.45) is 8.22. The number of fused-ring (bicyclic) bond motifs is 11. The van der Waals surface area contributed by atoms with Crippen LogP contribution in [0.1, 0.15) is 66.8 Å². The summed E-state index contributed by atoms with van der Waals surface area (Å²) in [5.41, 5.74) is 11.6. The second kappa shape index (κ2) is 13.4. The summed E-state index contributed by atoms with van der Waals surface area (Å²) in [6, 6.07) is 45.1. The Kier molecular flexibility index (Phi) is 8.13. The van der Waals surface area contributed by atoms with Gasteiger partial charge in [0.25, 0.3) is 0 Å². The van der Waals surface area contributed by atoms with Gasteiger partial charge in [-0.05, 0) is 79.5 Å². The molecule has 1 aliphatic carbocycles. The van der Waals surface area contributed by atoms with Gasteiger partial charge < -0.3 is 14.7 Å². The summed E-state index contributed by atoms with van der Waals surface area (Å²) in [5, 5.41) is 0. The Morgan fingerprint density at radius 2 is 0.897 bits per heavy atom. The lowest BCUT2D eigenvalue weighted by Crippen LogP contribution is -2.34. The number of hydrogen-bond donors (Lipinski definition) is 2. The molecule has 1 saturated carbocycles. The number of aromatic amines is 2. The van der Waals surface area contributed by atoms with Gasteiger partial charge in [0, 0.05) is 44.7 Å². The van der Waals surface area contributed by atoms with Crippen LogP contribution < -0.4 is 0 Å². The largest absolute Gasteiger partial charge is 0.454 e. The number of H-pyrrole nitrogens is 2. The number of nitrogens with one attached hydrogen (secondary N) is 2. The van der Waals surface area contributed by atoms with Crippen molar-refractivity contribution in [3.63, 3.8) is 0 Å². The van der Waals surface area contributed by atoms with E-state index in [2.05, 4.69) is 87.6 Å². The van der Waals surface area contributed by atoms with Gasteiger partial charge in [0.1, 0.15) is 17.4 Å². The van der Waals surface area contributed by atoms with E-state index in [0.717, 1.165) is 89.7 Å². The number of aromatic nitrogens is 4. The molecule has 58 heavy (non-hydrogen) atoms. The summed E-state index contributed by atoms with van der Waals surface area (Å²) < 4.78 is 6.11. The van der Waals surface area contributed by atoms with Gasteiger partial charge in [0.05, 0.1) is 22.8 Å². The molecule has 2 aromatic heterocycles. The molecular weight excluding hydrogens is 715 g/mol. The maximum Gasteiger partial charge on any atom is 0.395 e. The number of nitrogens with zero attached hydrogens (tertiary/aromatic N) is 3. The highest BCUT2D eigenvalue weighted by Gasteiger charge is 2.84. The second-order valence-electron chi connectivity index (χ2n) is 16.0. The number of benzene rings is 4. The van der Waals surface area contributed by atoms with E-state index in [1.165, 1.54) is 0 Å². The minimum Gasteiger partial charge on any atom is -0.454 e. The first-order chi connectivity index (χ1) is 28.2. The van der Waals surface area contributed by atoms with Gasteiger partial charge in [-0.25, -0.2) is 21.3 Å². The van der Waals surface area contributed by atoms with Crippen LogP contribution in [0.5, 0.6) is 0 Å². The minimum atomic E-state index is -1.50. The third-order valence-corrected chi connectivity index (χ3v) is 11.3. The van der Waals surface area contributed by atoms with Gasteiger partial charge in [-0.3, -0.25) is 4.85 Å². The molecule has 1 fully saturated rings. The summed E-state index contributed by atoms with van der Waals surface area (Å²) >= 11 is 0. The van der Waals surface area contributed by atoms with E-state index in [1.807, 2.05) is 106 Å². The Bertz CT molecular complexity index is 2750. The lowest BCUT2D eigenvalue weighted by molar-refractivity contribution is -0.156. The van der Waals surface area contributed by atoms with E-state index >= 15 is 0 Å². The molecule has 3 atom stereocenters. The number of hydrogen-bond acceptors (Lipinski definition) is 4. The first kappa shape index (κ1) is 35.1. The van der Waals surface area contributed by atoms with Crippen LogP contribution >= 0.6 is 0 Å². The molecule has 1 unspecified atom stereocenters. The quantitative estimate of drug-likeness (QED) is 0.135. The molecule has 0 spiro atoms. The van der Waals surface area contributed by atoms with Crippen LogP contribution in [0.15, 0.2) is 133 Å². The van der Waals surface area contributed by atoms with Crippen LogP contribution in [0.25, 0.3) is 84.7 Å². The van der Waals surface area contributed by atoms with Crippen LogP contribution in [0.3, 0.4) is 0 Å². The number of rotatable bonds is 5. The van der Waals surface area contributed by atoms with Crippen molar-refractivity contribution in [2.24, 2.45) is 0 Å². The van der Waals surface area contributed by atoms with E-state index in [0.29, 0.717) is 0 Å². The Morgan fingerprint density at radius 3 is 1.24 bits per heavy atom. The zero-order valence-corrected chi connectivity index (χ0v) is 32.3. The molecule has 6 aromatic rings. The fourth-order valence-electron chi connectivity index (χ4n) is 8.84. The summed E-state index contributed by atoms with van der Waals surface area (Å²) in [5.74, 6) is -1.57. The van der Waals surface area contributed by atoms with Crippen LogP contribution in [-0.2, 0) is 9.53 Å². The van der Waals surface area contributed by atoms with E-state index in [1.54, 1.807) is 0 Å². The van der Waals surface area contributed by atoms with Gasteiger partial charge in [0.15, 0.2) is 0 Å². The molecule has 5 heterocycles. The highest BCUT2D eigenvalue weighted by atomic mass is 16.6. The summed E-state index contributed by atoms with van der Waals surface area (Å²) in [6.45, 7) is 14.3. The van der Waals surface area contributed by atoms with Gasteiger partial charge >= 0.3 is 11.5 Å². The number of carbonyl (C=O) groups excluding carboxylic acids is 1. The molecule has 8 bridgehead atoms. The van der Waals surface area contributed by atoms with Crippen molar-refractivity contribution in [2.75, 3.05) is 0 Å². The normalized spacial score (nSPS) is 18.2. The molecule has 0 radical (unpaired) electrons. The zero-order chi connectivity index (χ0) is 39.6. The SMILES string of the molecule is [C-]#[N+]C1(C(=O)OC(C)(C)C)[C@@H]2c3[nH]c(c(-c4ccccc4)c4nc(c(-c5ccccc5)c5ccc([nH]5)c(-c5ccccc5)c5nc(c3-c3ccccc3)C=C5)C=C4)[C@@H]21. The van der Waals surface area contributed by atoms with Gasteiger partial charge in [-0.15, -0.1) is 0 Å². The molecule has 2 N–H and O–H groups in total. The third kappa shape index (κ3) is 5.68. The topological polar surface area (TPSA) is 88.0 Å². The number of ether oxygens (including phenoxy) is 1. The van der Waals surface area contributed by atoms with Crippen molar-refractivity contribution in [3.8, 4) is 44.5 Å². The van der Waals surface area contributed by atoms with Crippen molar-refractivity contribution in [3.05, 3.63) is 179 Å². The molecule has 0 amide bonds. The first-order valence-corrected chi connectivity index (χ1v) is 19.6. The smallest absolute Gasteiger partial charge is 0.395 e. The Hall–Kier alpha value is -7.30. The third-order valence-electron chi connectivity index (χ3n) is 11.3. The molecule has 4 aliphatic rings. The molecular formula is C51H39N5O2. The van der Waals surface area contributed by atoms with Crippen molar-refractivity contribution >= 4 is 41.3 Å². The van der Waals surface area contributed by atoms with Crippen LogP contribution in [0.2, 0.25) is 0 Å². The maximum atomic E-state index is 14.5. The van der Waals surface area contributed by atoms with E-state index < -0.39 is 28.9 Å². The van der Waals surface area contributed by atoms with E-state index in [4.69, 9.17) is 21.3 Å². The average Bonchev–Trinajstić information content (AvgIpc) is 3.85. The molecule has 0 saturated heterocycles. The van der Waals surface area contributed by atoms with Crippen molar-refractivity contribution in [2.45, 2.75) is 43.7 Å². The second-order valence-corrected chi connectivity index (χ2v) is 16.0. The fraction of sp³-hybridized carbons (Fsp3) is 0.137. The molecule has 3 aliphatic heterocycles. The minimum absolute atomic E-state index is 0.524. The summed E-state index contributed by atoms with van der Waals surface area (Å²) in [7, 11) is 0. The molecule has 4 aromatic carbocycles. The predicted molar refractivity (Wildman–Crippen MR) is 233 cm³/mol. The highest BCUT2D eigenvalue weighted by Crippen LogP contribution is 2.71. The maximum absolute atomic E-state index is 14.5. The summed E-state index contributed by atoms with van der Waals surface area (Å²) in [4.78, 5) is 37.3. The monoisotopic (exact) mass is 753 g/mol. The van der Waals surface area contributed by atoms with Gasteiger partial charge in [0.2, 0.25) is 0 Å². The number of esters is 1. The van der Waals surface area contributed by atoms with Crippen molar-refractivity contribution < 1.29 is 9.53 Å². The standard InChI is InChI=1S/C51H39N5O2/c1-50(2,3)58-49(57)51(52-4)45-46(51)48-44(34-23-15-8-16-24-34)40-30-28-38(55-40)42(32-19-11-6-12-20-32)36-26-25-35(53-36)41(31-17-9-5-10-18-31)37-27-29-39(54-37)43(47(45)56-48)33-21-13-7-14-22-33/h5-30,45-46,53,56H,1-3H3/t45-,46+,51?.